The molecule has 2 aliphatic rings. The maximum Gasteiger partial charge on any atom is 0.152 e. The minimum Gasteiger partial charge on any atom is -0.491 e. The number of terminal acetylenes is 1. The van der Waals surface area contributed by atoms with Gasteiger partial charge in [0, 0.05) is 55.3 Å². The van der Waals surface area contributed by atoms with Crippen molar-refractivity contribution in [2.75, 3.05) is 36.5 Å². The van der Waals surface area contributed by atoms with Crippen LogP contribution in [0.1, 0.15) is 59.4 Å². The average Bonchev–Trinajstić information content (AvgIpc) is 3.23. The number of allylic oxidation sites excluding steroid dienone is 2. The van der Waals surface area contributed by atoms with Crippen molar-refractivity contribution in [1.29, 1.82) is 5.41 Å². The molecule has 1 aromatic heterocycles. The van der Waals surface area contributed by atoms with Gasteiger partial charge in [-0.2, -0.15) is 0 Å². The molecule has 0 radical (unpaired) electrons. The number of benzene rings is 2. The lowest BCUT2D eigenvalue weighted by Gasteiger charge is -2.25. The number of hydrogen-bond donors (Lipinski definition) is 3. The number of ether oxygens (including phenoxy) is 2. The summed E-state index contributed by atoms with van der Waals surface area (Å²) in [6.45, 7) is 18.3. The molecule has 2 aromatic carbocycles. The number of aryl methyl sites for hydroxylation is 1. The van der Waals surface area contributed by atoms with Gasteiger partial charge < -0.3 is 30.4 Å². The minimum atomic E-state index is 0.0185. The van der Waals surface area contributed by atoms with Crippen molar-refractivity contribution in [2.24, 2.45) is 5.92 Å². The highest BCUT2D eigenvalue weighted by molar-refractivity contribution is 5.95. The Morgan fingerprint density at radius 3 is 2.62 bits per heavy atom. The molecule has 0 bridgehead atoms. The normalized spacial score (nSPS) is 14.2. The number of nitrogens with zero attached hydrogens (tertiary/aromatic N) is 3. The summed E-state index contributed by atoms with van der Waals surface area (Å²) in [5.41, 5.74) is 3.99. The molecule has 250 valence electrons. The number of carbonyl (C=O) groups is 1. The van der Waals surface area contributed by atoms with E-state index in [2.05, 4.69) is 70.0 Å². The predicted molar refractivity (Wildman–Crippen MR) is 196 cm³/mol. The first-order valence-corrected chi connectivity index (χ1v) is 16.0. The lowest BCUT2D eigenvalue weighted by atomic mass is 10.1. The third-order valence-electron chi connectivity index (χ3n) is 6.84. The summed E-state index contributed by atoms with van der Waals surface area (Å²) in [6, 6.07) is 10.3. The van der Waals surface area contributed by atoms with E-state index in [4.69, 9.17) is 21.3 Å². The van der Waals surface area contributed by atoms with Gasteiger partial charge in [-0.15, -0.1) is 12.3 Å². The van der Waals surface area contributed by atoms with Gasteiger partial charge in [0.25, 0.3) is 0 Å². The third-order valence-corrected chi connectivity index (χ3v) is 6.84. The van der Waals surface area contributed by atoms with Crippen molar-refractivity contribution in [3.63, 3.8) is 0 Å². The Bertz CT molecular complexity index is 1570. The second-order valence-corrected chi connectivity index (χ2v) is 11.0. The number of anilines is 3. The molecule has 1 atom stereocenters. The van der Waals surface area contributed by atoms with Gasteiger partial charge in [-0.25, -0.2) is 9.97 Å². The Hall–Kier alpha value is -5.10. The molecule has 3 N–H and O–H groups in total. The standard InChI is InChI=1S/C28H33N5O2.C4H6O.C4H6.C2H5N/c1-4-5-12-33-16-19(2)17-34-27-15-24-23(14-25(27)33)28(31-18-30-24)32-21-6-7-26(20(3)13-21)35-22-8-10-29-11-9-22;1-3-4(2)5;1-3-4-2;1-2-3/h6-10,13-15,18-19,29H,4-5,11-12,16-17H2,1-3H3,(H,30,31,32);3H,1H2,2H3;1H,4H2,2H3;2-3H,1H3. The van der Waals surface area contributed by atoms with E-state index in [0.717, 1.165) is 89.8 Å². The van der Waals surface area contributed by atoms with Crippen molar-refractivity contribution in [1.82, 2.24) is 15.3 Å². The molecular weight excluding hydrogens is 588 g/mol. The Labute approximate surface area is 280 Å². The number of unbranched alkanes of at least 4 members (excludes halogenated alkanes) is 1. The minimum absolute atomic E-state index is 0.0185. The van der Waals surface area contributed by atoms with E-state index in [1.165, 1.54) is 19.2 Å². The number of hydrogen-bond acceptors (Lipinski definition) is 9. The first kappa shape index (κ1) is 38.1. The first-order valence-electron chi connectivity index (χ1n) is 16.0. The summed E-state index contributed by atoms with van der Waals surface area (Å²) in [5, 5.41) is 13.7. The van der Waals surface area contributed by atoms with Gasteiger partial charge in [0.2, 0.25) is 0 Å². The number of dihydropyridines is 1. The molecule has 0 fully saturated rings. The molecule has 0 spiro atoms. The maximum absolute atomic E-state index is 9.69. The quantitative estimate of drug-likeness (QED) is 0.129. The highest BCUT2D eigenvalue weighted by Gasteiger charge is 2.22. The van der Waals surface area contributed by atoms with E-state index >= 15 is 0 Å². The highest BCUT2D eigenvalue weighted by atomic mass is 16.5. The largest absolute Gasteiger partial charge is 0.491 e. The van der Waals surface area contributed by atoms with Gasteiger partial charge in [-0.1, -0.05) is 33.8 Å². The fraction of sp³-hybridized carbons (Fsp3) is 0.368. The number of rotatable bonds is 8. The molecule has 5 rings (SSSR count). The van der Waals surface area contributed by atoms with Crippen LogP contribution >= 0.6 is 0 Å². The summed E-state index contributed by atoms with van der Waals surface area (Å²) in [7, 11) is 0. The first-order chi connectivity index (χ1) is 22.7. The van der Waals surface area contributed by atoms with Gasteiger partial charge in [-0.05, 0) is 81.5 Å². The van der Waals surface area contributed by atoms with Crippen LogP contribution in [0.2, 0.25) is 0 Å². The molecule has 0 amide bonds. The van der Waals surface area contributed by atoms with E-state index in [-0.39, 0.29) is 5.78 Å². The summed E-state index contributed by atoms with van der Waals surface area (Å²) in [4.78, 5) is 21.3. The average molecular weight is 639 g/mol. The molecule has 0 aliphatic carbocycles. The van der Waals surface area contributed by atoms with Gasteiger partial charge in [0.15, 0.2) is 5.78 Å². The van der Waals surface area contributed by atoms with Crippen LogP contribution in [0.5, 0.6) is 11.5 Å². The van der Waals surface area contributed by atoms with E-state index in [1.54, 1.807) is 13.3 Å². The number of aromatic nitrogens is 2. The number of carbonyl (C=O) groups excluding carboxylic acids is 1. The van der Waals surface area contributed by atoms with Crippen molar-refractivity contribution in [3.05, 3.63) is 79.0 Å². The van der Waals surface area contributed by atoms with Crippen molar-refractivity contribution < 1.29 is 14.3 Å². The molecule has 3 aromatic rings. The Kier molecular flexibility index (Phi) is 16.9. The fourth-order valence-corrected chi connectivity index (χ4v) is 4.47. The molecule has 3 heterocycles. The van der Waals surface area contributed by atoms with Crippen LogP contribution in [-0.2, 0) is 4.79 Å². The topological polar surface area (TPSA) is 112 Å². The lowest BCUT2D eigenvalue weighted by molar-refractivity contribution is -0.112. The zero-order valence-electron chi connectivity index (χ0n) is 28.7. The van der Waals surface area contributed by atoms with Crippen molar-refractivity contribution in [2.45, 2.75) is 60.8 Å². The second kappa shape index (κ2) is 20.8. The van der Waals surface area contributed by atoms with Gasteiger partial charge in [0.1, 0.15) is 29.4 Å². The molecule has 9 heteroatoms. The zero-order valence-corrected chi connectivity index (χ0v) is 28.7. The monoisotopic (exact) mass is 638 g/mol. The number of ketones is 1. The van der Waals surface area contributed by atoms with Crippen LogP contribution in [-0.4, -0.2) is 48.2 Å². The van der Waals surface area contributed by atoms with E-state index in [1.807, 2.05) is 44.3 Å². The van der Waals surface area contributed by atoms with Crippen LogP contribution in [0.15, 0.2) is 73.4 Å². The molecule has 0 saturated carbocycles. The summed E-state index contributed by atoms with van der Waals surface area (Å²) in [6.07, 6.45) is 17.9. The van der Waals surface area contributed by atoms with E-state index < -0.39 is 0 Å². The van der Waals surface area contributed by atoms with Crippen LogP contribution < -0.4 is 25.0 Å². The highest BCUT2D eigenvalue weighted by Crippen LogP contribution is 2.38. The fourth-order valence-electron chi connectivity index (χ4n) is 4.47. The molecule has 9 nitrogen and oxygen atoms in total. The van der Waals surface area contributed by atoms with Crippen molar-refractivity contribution in [3.8, 4) is 23.8 Å². The molecular formula is C38H50N6O3. The summed E-state index contributed by atoms with van der Waals surface area (Å²) >= 11 is 0. The zero-order chi connectivity index (χ0) is 34.6. The predicted octanol–water partition coefficient (Wildman–Crippen LogP) is 8.14. The maximum atomic E-state index is 9.69. The van der Waals surface area contributed by atoms with Crippen LogP contribution in [0.25, 0.3) is 10.9 Å². The molecule has 2 aliphatic heterocycles. The second-order valence-electron chi connectivity index (χ2n) is 11.0. The Morgan fingerprint density at radius 1 is 1.30 bits per heavy atom. The number of fused-ring (bicyclic) bond motifs is 2. The van der Waals surface area contributed by atoms with Gasteiger partial charge >= 0.3 is 0 Å². The van der Waals surface area contributed by atoms with Crippen LogP contribution in [0.4, 0.5) is 17.2 Å². The molecule has 1 unspecified atom stereocenters. The molecule has 47 heavy (non-hydrogen) atoms. The van der Waals surface area contributed by atoms with Crippen LogP contribution in [0.3, 0.4) is 0 Å². The van der Waals surface area contributed by atoms with Gasteiger partial charge in [-0.3, -0.25) is 4.79 Å². The van der Waals surface area contributed by atoms with E-state index in [9.17, 15) is 4.79 Å². The van der Waals surface area contributed by atoms with E-state index in [0.29, 0.717) is 12.5 Å². The lowest BCUT2D eigenvalue weighted by Crippen LogP contribution is -2.29. The molecule has 0 saturated heterocycles. The third kappa shape index (κ3) is 12.7. The smallest absolute Gasteiger partial charge is 0.152 e. The summed E-state index contributed by atoms with van der Waals surface area (Å²) in [5.74, 6) is 6.28. The van der Waals surface area contributed by atoms with Gasteiger partial charge in [0.05, 0.1) is 17.8 Å². The number of nitrogens with one attached hydrogen (secondary N) is 3. The van der Waals surface area contributed by atoms with Crippen LogP contribution in [0, 0.1) is 30.6 Å². The van der Waals surface area contributed by atoms with Crippen molar-refractivity contribution >= 4 is 40.1 Å². The SMILES string of the molecule is C#CCC.C=CC(C)=O.CC=N.CCCCN1CC(C)COc2cc3ncnc(Nc4ccc(OC5=CCNC=C5)c(C)c4)c3cc21. The summed E-state index contributed by atoms with van der Waals surface area (Å²) < 4.78 is 12.2. The Morgan fingerprint density at radius 2 is 2.02 bits per heavy atom. The Balaban J connectivity index is 0.000000554.